The maximum absolute atomic E-state index is 10.4. The molecule has 0 unspecified atom stereocenters. The molecule has 0 spiro atoms. The van der Waals surface area contributed by atoms with E-state index < -0.39 is 25.8 Å². The zero-order valence-corrected chi connectivity index (χ0v) is 8.43. The average molecular weight is 246 g/mol. The molecule has 0 aliphatic heterocycles. The lowest BCUT2D eigenvalue weighted by molar-refractivity contribution is -0.138. The monoisotopic (exact) mass is 246 g/mol. The van der Waals surface area contributed by atoms with Crippen molar-refractivity contribution >= 4 is 19.8 Å². The Morgan fingerprint density at radius 2 is 1.73 bits per heavy atom. The van der Waals surface area contributed by atoms with Gasteiger partial charge in [0.15, 0.2) is 0 Å². The van der Waals surface area contributed by atoms with E-state index in [0.717, 1.165) is 0 Å². The highest BCUT2D eigenvalue weighted by atomic mass is 31.2. The van der Waals surface area contributed by atoms with Gasteiger partial charge in [0.1, 0.15) is 6.04 Å². The highest BCUT2D eigenvalue weighted by molar-refractivity contribution is 7.45. The Balaban J connectivity index is 0. The Bertz CT molecular complexity index is 258. The van der Waals surface area contributed by atoms with E-state index in [9.17, 15) is 13.8 Å². The van der Waals surface area contributed by atoms with Gasteiger partial charge in [0.2, 0.25) is 5.91 Å². The molecule has 1 atom stereocenters. The molecule has 1 amide bonds. The molecule has 0 rings (SSSR count). The van der Waals surface area contributed by atoms with Gasteiger partial charge in [-0.1, -0.05) is 0 Å². The molecule has 0 aromatic carbocycles. The topological polar surface area (TPSA) is 164 Å². The summed E-state index contributed by atoms with van der Waals surface area (Å²) in [5, 5.41) is 8.22. The molecule has 0 aromatic rings. The molecular formula is C5H12FN2O6P. The van der Waals surface area contributed by atoms with Crippen LogP contribution in [0.1, 0.15) is 12.8 Å². The zero-order chi connectivity index (χ0) is 12.6. The van der Waals surface area contributed by atoms with Crippen LogP contribution in [0.15, 0.2) is 0 Å². The Hall–Kier alpha value is -1.02. The van der Waals surface area contributed by atoms with E-state index in [1.807, 2.05) is 0 Å². The van der Waals surface area contributed by atoms with E-state index in [0.29, 0.717) is 0 Å². The number of carbonyl (C=O) groups is 2. The van der Waals surface area contributed by atoms with Gasteiger partial charge in [0, 0.05) is 6.42 Å². The number of amides is 1. The first kappa shape index (κ1) is 16.4. The van der Waals surface area contributed by atoms with E-state index in [2.05, 4.69) is 0 Å². The van der Waals surface area contributed by atoms with Crippen LogP contribution in [0, 0.1) is 0 Å². The van der Waals surface area contributed by atoms with Crippen molar-refractivity contribution in [3.8, 4) is 0 Å². The summed E-state index contributed by atoms with van der Waals surface area (Å²) < 4.78 is 19.0. The van der Waals surface area contributed by atoms with Crippen LogP contribution in [-0.4, -0.2) is 32.8 Å². The van der Waals surface area contributed by atoms with Crippen molar-refractivity contribution in [3.63, 3.8) is 0 Å². The van der Waals surface area contributed by atoms with Crippen LogP contribution in [0.4, 0.5) is 4.20 Å². The van der Waals surface area contributed by atoms with Crippen LogP contribution >= 0.6 is 7.91 Å². The van der Waals surface area contributed by atoms with Gasteiger partial charge in [-0.05, 0) is 6.42 Å². The second-order valence-electron chi connectivity index (χ2n) is 2.42. The van der Waals surface area contributed by atoms with Crippen LogP contribution in [0.3, 0.4) is 0 Å². The fourth-order valence-corrected chi connectivity index (χ4v) is 0.421. The molecule has 15 heavy (non-hydrogen) atoms. The molecule has 8 nitrogen and oxygen atoms in total. The minimum absolute atomic E-state index is 0.0213. The SMILES string of the molecule is NC(=O)CC[C@H](N)C(=O)O.O=P(O)(O)F. The number of primary amides is 1. The standard InChI is InChI=1S/C5H10N2O3.FH2O3P/c6-3(5(9)10)1-2-4(7)8;1-5(2,3)4/h3H,1-2,6H2,(H2,7,8)(H,9,10);(H2,2,3,4)/t3-;/m0./s1. The lowest BCUT2D eigenvalue weighted by Gasteiger charge is -2.01. The molecule has 0 aliphatic carbocycles. The van der Waals surface area contributed by atoms with Gasteiger partial charge in [-0.25, -0.2) is 4.57 Å². The Morgan fingerprint density at radius 1 is 1.40 bits per heavy atom. The van der Waals surface area contributed by atoms with E-state index in [4.69, 9.17) is 30.9 Å². The number of aliphatic carboxylic acids is 1. The predicted octanol–water partition coefficient (Wildman–Crippen LogP) is -1.29. The molecule has 90 valence electrons. The summed E-state index contributed by atoms with van der Waals surface area (Å²) in [6.07, 6.45) is 0.123. The number of carboxylic acid groups (broad SMARTS) is 1. The number of halogens is 1. The summed E-state index contributed by atoms with van der Waals surface area (Å²) in [6, 6.07) is -0.979. The largest absolute Gasteiger partial charge is 0.507 e. The number of hydrogen-bond donors (Lipinski definition) is 5. The van der Waals surface area contributed by atoms with Crippen molar-refractivity contribution in [1.82, 2.24) is 0 Å². The van der Waals surface area contributed by atoms with Gasteiger partial charge >= 0.3 is 13.9 Å². The van der Waals surface area contributed by atoms with Crippen LogP contribution in [0.25, 0.3) is 0 Å². The summed E-state index contributed by atoms with van der Waals surface area (Å²) >= 11 is 0. The molecule has 0 aromatic heterocycles. The second kappa shape index (κ2) is 7.30. The number of nitrogens with two attached hydrogens (primary N) is 2. The molecule has 0 aliphatic rings. The Labute approximate surface area is 84.3 Å². The van der Waals surface area contributed by atoms with Gasteiger partial charge in [0.25, 0.3) is 0 Å². The quantitative estimate of drug-likeness (QED) is 0.385. The number of carboxylic acids is 1. The fourth-order valence-electron chi connectivity index (χ4n) is 0.421. The van der Waals surface area contributed by atoms with Gasteiger partial charge in [-0.3, -0.25) is 19.4 Å². The summed E-state index contributed by atoms with van der Waals surface area (Å²) in [4.78, 5) is 34.1. The van der Waals surface area contributed by atoms with Crippen molar-refractivity contribution < 1.29 is 33.2 Å². The van der Waals surface area contributed by atoms with Crippen molar-refractivity contribution in [3.05, 3.63) is 0 Å². The second-order valence-corrected chi connectivity index (χ2v) is 3.37. The van der Waals surface area contributed by atoms with Gasteiger partial charge in [0.05, 0.1) is 0 Å². The lowest BCUT2D eigenvalue weighted by atomic mass is 10.2. The maximum atomic E-state index is 10.4. The van der Waals surface area contributed by atoms with E-state index in [-0.39, 0.29) is 12.8 Å². The Morgan fingerprint density at radius 3 is 1.93 bits per heavy atom. The van der Waals surface area contributed by atoms with Gasteiger partial charge in [-0.2, -0.15) is 0 Å². The smallest absolute Gasteiger partial charge is 0.480 e. The summed E-state index contributed by atoms with van der Waals surface area (Å²) in [6.45, 7) is 0. The third-order valence-corrected chi connectivity index (χ3v) is 1.02. The minimum Gasteiger partial charge on any atom is -0.480 e. The highest BCUT2D eigenvalue weighted by Gasteiger charge is 2.11. The van der Waals surface area contributed by atoms with Crippen molar-refractivity contribution in [2.24, 2.45) is 11.5 Å². The zero-order valence-electron chi connectivity index (χ0n) is 7.54. The molecule has 7 N–H and O–H groups in total. The first-order valence-corrected chi connectivity index (χ1v) is 5.06. The van der Waals surface area contributed by atoms with E-state index in [1.54, 1.807) is 0 Å². The van der Waals surface area contributed by atoms with Crippen LogP contribution in [-0.2, 0) is 14.2 Å². The lowest BCUT2D eigenvalue weighted by Crippen LogP contribution is -2.31. The van der Waals surface area contributed by atoms with Crippen LogP contribution in [0.5, 0.6) is 0 Å². The first-order valence-electron chi connectivity index (χ1n) is 3.56. The molecule has 10 heteroatoms. The molecule has 0 saturated carbocycles. The number of hydrogen-bond acceptors (Lipinski definition) is 4. The summed E-state index contributed by atoms with van der Waals surface area (Å²) in [5.41, 5.74) is 9.81. The number of rotatable bonds is 4. The fraction of sp³-hybridized carbons (Fsp3) is 0.600. The molecular weight excluding hydrogens is 234 g/mol. The normalized spacial score (nSPS) is 12.3. The molecule has 0 saturated heterocycles. The third-order valence-electron chi connectivity index (χ3n) is 1.02. The average Bonchev–Trinajstić information content (AvgIpc) is 1.96. The summed E-state index contributed by atoms with van der Waals surface area (Å²) in [7, 11) is -5.14. The highest BCUT2D eigenvalue weighted by Crippen LogP contribution is 2.34. The first-order chi connectivity index (χ1) is 6.54. The van der Waals surface area contributed by atoms with Crippen LogP contribution in [0.2, 0.25) is 0 Å². The van der Waals surface area contributed by atoms with Crippen molar-refractivity contribution in [2.75, 3.05) is 0 Å². The number of carbonyl (C=O) groups excluding carboxylic acids is 1. The Kier molecular flexibility index (Phi) is 7.98. The van der Waals surface area contributed by atoms with Gasteiger partial charge in [-0.15, -0.1) is 4.20 Å². The molecule has 0 radical (unpaired) electrons. The third kappa shape index (κ3) is 24.6. The van der Waals surface area contributed by atoms with Crippen molar-refractivity contribution in [2.45, 2.75) is 18.9 Å². The minimum atomic E-state index is -5.14. The molecule has 0 bridgehead atoms. The maximum Gasteiger partial charge on any atom is 0.507 e. The van der Waals surface area contributed by atoms with E-state index >= 15 is 0 Å². The molecule has 0 heterocycles. The summed E-state index contributed by atoms with van der Waals surface area (Å²) in [5.74, 6) is -1.64. The van der Waals surface area contributed by atoms with Gasteiger partial charge < -0.3 is 16.6 Å². The van der Waals surface area contributed by atoms with Crippen LogP contribution < -0.4 is 11.5 Å². The van der Waals surface area contributed by atoms with Crippen molar-refractivity contribution in [1.29, 1.82) is 0 Å². The van der Waals surface area contributed by atoms with E-state index in [1.165, 1.54) is 0 Å². The molecule has 0 fully saturated rings. The predicted molar refractivity (Wildman–Crippen MR) is 47.2 cm³/mol.